The van der Waals surface area contributed by atoms with Crippen LogP contribution in [0.3, 0.4) is 0 Å². The van der Waals surface area contributed by atoms with Crippen LogP contribution in [0.1, 0.15) is 11.1 Å². The number of amides is 1. The minimum absolute atomic E-state index is 0.0480. The van der Waals surface area contributed by atoms with Gasteiger partial charge in [0.15, 0.2) is 0 Å². The van der Waals surface area contributed by atoms with Crippen LogP contribution in [-0.2, 0) is 11.2 Å². The molecule has 1 aromatic heterocycles. The topological polar surface area (TPSA) is 52.9 Å². The molecule has 0 aliphatic carbocycles. The fourth-order valence-electron chi connectivity index (χ4n) is 1.42. The van der Waals surface area contributed by atoms with Crippen LogP contribution < -0.4 is 5.32 Å². The predicted molar refractivity (Wildman–Crippen MR) is 67.8 cm³/mol. The monoisotopic (exact) mass is 242 g/mol. The van der Waals surface area contributed by atoms with Gasteiger partial charge in [-0.2, -0.15) is 16.6 Å². The van der Waals surface area contributed by atoms with Gasteiger partial charge in [0.05, 0.1) is 23.7 Å². The number of carbonyl (C=O) groups excluding carboxylic acids is 1. The molecule has 0 radical (unpaired) electrons. The lowest BCUT2D eigenvalue weighted by Crippen LogP contribution is -2.13. The molecule has 0 spiro atoms. The molecule has 4 heteroatoms. The first-order valence-electron chi connectivity index (χ1n) is 5.09. The third kappa shape index (κ3) is 3.16. The molecule has 17 heavy (non-hydrogen) atoms. The van der Waals surface area contributed by atoms with Crippen LogP contribution in [0.25, 0.3) is 0 Å². The summed E-state index contributed by atoms with van der Waals surface area (Å²) in [5.41, 5.74) is 2.33. The van der Waals surface area contributed by atoms with Crippen molar-refractivity contribution in [1.82, 2.24) is 0 Å². The number of rotatable bonds is 3. The number of nitrogens with one attached hydrogen (secondary N) is 1. The standard InChI is InChI=1S/C13H10N2OS/c14-8-11-3-1-10(2-4-11)7-13(16)15-12-5-6-17-9-12/h1-6,9H,7H2,(H,15,16). The molecular formula is C13H10N2OS. The van der Waals surface area contributed by atoms with Crippen molar-refractivity contribution in [3.05, 3.63) is 52.2 Å². The fraction of sp³-hybridized carbons (Fsp3) is 0.0769. The summed E-state index contributed by atoms with van der Waals surface area (Å²) in [4.78, 5) is 11.7. The summed E-state index contributed by atoms with van der Waals surface area (Å²) in [5.74, 6) is -0.0480. The highest BCUT2D eigenvalue weighted by Gasteiger charge is 2.04. The Labute approximate surface area is 103 Å². The molecule has 3 nitrogen and oxygen atoms in total. The third-order valence-corrected chi connectivity index (χ3v) is 2.94. The van der Waals surface area contributed by atoms with Crippen LogP contribution >= 0.6 is 11.3 Å². The van der Waals surface area contributed by atoms with Gasteiger partial charge in [-0.15, -0.1) is 0 Å². The number of thiophene rings is 1. The molecule has 0 saturated carbocycles. The van der Waals surface area contributed by atoms with E-state index in [1.165, 1.54) is 0 Å². The first-order valence-corrected chi connectivity index (χ1v) is 6.03. The van der Waals surface area contributed by atoms with E-state index in [1.807, 2.05) is 22.9 Å². The molecule has 0 aliphatic heterocycles. The van der Waals surface area contributed by atoms with E-state index in [0.29, 0.717) is 12.0 Å². The SMILES string of the molecule is N#Cc1ccc(CC(=O)Nc2ccsc2)cc1. The highest BCUT2D eigenvalue weighted by Crippen LogP contribution is 2.12. The highest BCUT2D eigenvalue weighted by atomic mass is 32.1. The molecule has 1 aromatic carbocycles. The maximum atomic E-state index is 11.7. The molecule has 1 heterocycles. The number of hydrogen-bond donors (Lipinski definition) is 1. The van der Waals surface area contributed by atoms with E-state index in [4.69, 9.17) is 5.26 Å². The summed E-state index contributed by atoms with van der Waals surface area (Å²) in [5, 5.41) is 15.3. The molecule has 1 N–H and O–H groups in total. The Balaban J connectivity index is 1.96. The van der Waals surface area contributed by atoms with Gasteiger partial charge in [-0.25, -0.2) is 0 Å². The zero-order valence-electron chi connectivity index (χ0n) is 9.01. The van der Waals surface area contributed by atoms with Gasteiger partial charge in [-0.05, 0) is 29.1 Å². The zero-order chi connectivity index (χ0) is 12.1. The van der Waals surface area contributed by atoms with E-state index in [9.17, 15) is 4.79 Å². The van der Waals surface area contributed by atoms with Gasteiger partial charge >= 0.3 is 0 Å². The number of carbonyl (C=O) groups is 1. The van der Waals surface area contributed by atoms with Gasteiger partial charge in [0.25, 0.3) is 0 Å². The van der Waals surface area contributed by atoms with Crippen LogP contribution in [0.15, 0.2) is 41.1 Å². The fourth-order valence-corrected chi connectivity index (χ4v) is 2.01. The van der Waals surface area contributed by atoms with Crippen LogP contribution in [-0.4, -0.2) is 5.91 Å². The zero-order valence-corrected chi connectivity index (χ0v) is 9.83. The van der Waals surface area contributed by atoms with Gasteiger partial charge in [0.1, 0.15) is 0 Å². The van der Waals surface area contributed by atoms with E-state index in [1.54, 1.807) is 35.6 Å². The molecule has 0 saturated heterocycles. The van der Waals surface area contributed by atoms with Crippen molar-refractivity contribution >= 4 is 22.9 Å². The van der Waals surface area contributed by atoms with E-state index in [0.717, 1.165) is 11.3 Å². The second kappa shape index (κ2) is 5.28. The van der Waals surface area contributed by atoms with Crippen molar-refractivity contribution in [2.45, 2.75) is 6.42 Å². The van der Waals surface area contributed by atoms with Crippen LogP contribution in [0.4, 0.5) is 5.69 Å². The normalized spacial score (nSPS) is 9.59. The van der Waals surface area contributed by atoms with E-state index in [2.05, 4.69) is 5.32 Å². The van der Waals surface area contributed by atoms with Gasteiger partial charge in [0.2, 0.25) is 5.91 Å². The van der Waals surface area contributed by atoms with E-state index < -0.39 is 0 Å². The second-order valence-corrected chi connectivity index (χ2v) is 4.33. The molecule has 0 unspecified atom stereocenters. The maximum absolute atomic E-state index is 11.7. The quantitative estimate of drug-likeness (QED) is 0.899. The van der Waals surface area contributed by atoms with E-state index >= 15 is 0 Å². The molecule has 0 aliphatic rings. The van der Waals surface area contributed by atoms with Crippen molar-refractivity contribution in [2.75, 3.05) is 5.32 Å². The molecule has 84 valence electrons. The van der Waals surface area contributed by atoms with Crippen LogP contribution in [0.5, 0.6) is 0 Å². The highest BCUT2D eigenvalue weighted by molar-refractivity contribution is 7.08. The molecule has 2 rings (SSSR count). The Morgan fingerprint density at radius 2 is 2.06 bits per heavy atom. The van der Waals surface area contributed by atoms with Crippen molar-refractivity contribution in [3.8, 4) is 6.07 Å². The second-order valence-electron chi connectivity index (χ2n) is 3.55. The molecule has 2 aromatic rings. The Kier molecular flexibility index (Phi) is 3.53. The van der Waals surface area contributed by atoms with Crippen molar-refractivity contribution in [1.29, 1.82) is 5.26 Å². The smallest absolute Gasteiger partial charge is 0.228 e. The third-order valence-electron chi connectivity index (χ3n) is 2.25. The van der Waals surface area contributed by atoms with Crippen LogP contribution in [0.2, 0.25) is 0 Å². The van der Waals surface area contributed by atoms with Gasteiger partial charge in [0, 0.05) is 5.38 Å². The summed E-state index contributed by atoms with van der Waals surface area (Å²) in [6, 6.07) is 10.9. The Bertz CT molecular complexity index is 538. The minimum Gasteiger partial charge on any atom is -0.325 e. The molecule has 1 amide bonds. The predicted octanol–water partition coefficient (Wildman–Crippen LogP) is 2.80. The van der Waals surface area contributed by atoms with Gasteiger partial charge in [-0.1, -0.05) is 12.1 Å². The summed E-state index contributed by atoms with van der Waals surface area (Å²) >= 11 is 1.54. The van der Waals surface area contributed by atoms with Crippen molar-refractivity contribution < 1.29 is 4.79 Å². The minimum atomic E-state index is -0.0480. The number of nitriles is 1. The Morgan fingerprint density at radius 1 is 1.29 bits per heavy atom. The first kappa shape index (κ1) is 11.4. The van der Waals surface area contributed by atoms with Gasteiger partial charge in [-0.3, -0.25) is 4.79 Å². The van der Waals surface area contributed by atoms with Crippen molar-refractivity contribution in [2.24, 2.45) is 0 Å². The number of nitrogens with zero attached hydrogens (tertiary/aromatic N) is 1. The molecule has 0 bridgehead atoms. The summed E-state index contributed by atoms with van der Waals surface area (Å²) in [7, 11) is 0. The summed E-state index contributed by atoms with van der Waals surface area (Å²) in [6.07, 6.45) is 0.321. The Hall–Kier alpha value is -2.12. The Morgan fingerprint density at radius 3 is 2.65 bits per heavy atom. The number of benzene rings is 1. The maximum Gasteiger partial charge on any atom is 0.228 e. The summed E-state index contributed by atoms with van der Waals surface area (Å²) in [6.45, 7) is 0. The van der Waals surface area contributed by atoms with Crippen molar-refractivity contribution in [3.63, 3.8) is 0 Å². The lowest BCUT2D eigenvalue weighted by atomic mass is 10.1. The van der Waals surface area contributed by atoms with Crippen LogP contribution in [0, 0.1) is 11.3 Å². The molecular weight excluding hydrogens is 232 g/mol. The average Bonchev–Trinajstić information content (AvgIpc) is 2.82. The van der Waals surface area contributed by atoms with Gasteiger partial charge < -0.3 is 5.32 Å². The number of anilines is 1. The molecule has 0 fully saturated rings. The average molecular weight is 242 g/mol. The largest absolute Gasteiger partial charge is 0.325 e. The lowest BCUT2D eigenvalue weighted by Gasteiger charge is -2.02. The molecule has 0 atom stereocenters. The van der Waals surface area contributed by atoms with E-state index in [-0.39, 0.29) is 5.91 Å². The lowest BCUT2D eigenvalue weighted by molar-refractivity contribution is -0.115. The number of hydrogen-bond acceptors (Lipinski definition) is 3. The summed E-state index contributed by atoms with van der Waals surface area (Å²) < 4.78 is 0. The first-order chi connectivity index (χ1) is 8.28.